The summed E-state index contributed by atoms with van der Waals surface area (Å²) in [5, 5.41) is 3.03. The maximum absolute atomic E-state index is 11.9. The predicted octanol–water partition coefficient (Wildman–Crippen LogP) is 2.90. The van der Waals surface area contributed by atoms with Crippen LogP contribution in [0.1, 0.15) is 29.3 Å². The van der Waals surface area contributed by atoms with Gasteiger partial charge in [-0.1, -0.05) is 28.9 Å². The zero-order chi connectivity index (χ0) is 11.0. The summed E-state index contributed by atoms with van der Waals surface area (Å²) in [4.78, 5) is 11.9. The van der Waals surface area contributed by atoms with Crippen LogP contribution in [0.25, 0.3) is 0 Å². The molecule has 2 rings (SSSR count). The second-order valence-electron chi connectivity index (χ2n) is 4.25. The number of nitrogens with one attached hydrogen (secondary N) is 1. The van der Waals surface area contributed by atoms with E-state index in [2.05, 4.69) is 28.2 Å². The molecule has 1 N–H and O–H groups in total. The second-order valence-corrected chi connectivity index (χ2v) is 5.17. The van der Waals surface area contributed by atoms with E-state index in [1.165, 1.54) is 0 Å². The molecule has 2 unspecified atom stereocenters. The molecule has 0 aliphatic heterocycles. The minimum atomic E-state index is 0.0446. The van der Waals surface area contributed by atoms with E-state index in [0.29, 0.717) is 12.0 Å². The van der Waals surface area contributed by atoms with Gasteiger partial charge < -0.3 is 5.32 Å². The normalized spacial score (nSPS) is 23.7. The summed E-state index contributed by atoms with van der Waals surface area (Å²) in [5.74, 6) is 0.685. The van der Waals surface area contributed by atoms with Gasteiger partial charge in [0.2, 0.25) is 0 Å². The van der Waals surface area contributed by atoms with Gasteiger partial charge in [-0.15, -0.1) is 0 Å². The molecule has 0 spiro atoms. The van der Waals surface area contributed by atoms with Crippen molar-refractivity contribution >= 4 is 21.8 Å². The van der Waals surface area contributed by atoms with Gasteiger partial charge in [0, 0.05) is 16.1 Å². The Labute approximate surface area is 98.2 Å². The minimum absolute atomic E-state index is 0.0446. The quantitative estimate of drug-likeness (QED) is 0.877. The lowest BCUT2D eigenvalue weighted by molar-refractivity contribution is 0.0948. The molecule has 1 aliphatic rings. The topological polar surface area (TPSA) is 29.1 Å². The number of hydrogen-bond donors (Lipinski definition) is 1. The van der Waals surface area contributed by atoms with Crippen LogP contribution in [0, 0.1) is 12.8 Å². The van der Waals surface area contributed by atoms with Crippen LogP contribution in [0.15, 0.2) is 22.7 Å². The summed E-state index contributed by atoms with van der Waals surface area (Å²) in [6, 6.07) is 6.16. The fourth-order valence-electron chi connectivity index (χ4n) is 1.61. The van der Waals surface area contributed by atoms with Gasteiger partial charge in [-0.2, -0.15) is 0 Å². The number of carbonyl (C=O) groups is 1. The van der Waals surface area contributed by atoms with E-state index in [0.717, 1.165) is 22.0 Å². The molecule has 0 aromatic heterocycles. The summed E-state index contributed by atoms with van der Waals surface area (Å²) in [6.07, 6.45) is 1.11. The van der Waals surface area contributed by atoms with E-state index in [1.807, 2.05) is 25.1 Å². The number of rotatable bonds is 2. The molecule has 1 amide bonds. The van der Waals surface area contributed by atoms with Gasteiger partial charge in [-0.25, -0.2) is 0 Å². The summed E-state index contributed by atoms with van der Waals surface area (Å²) in [6.45, 7) is 4.11. The molecule has 0 saturated heterocycles. The van der Waals surface area contributed by atoms with Gasteiger partial charge in [0.15, 0.2) is 0 Å². The number of benzene rings is 1. The molecule has 2 nitrogen and oxygen atoms in total. The summed E-state index contributed by atoms with van der Waals surface area (Å²) < 4.78 is 0.946. The van der Waals surface area contributed by atoms with Crippen molar-refractivity contribution in [2.24, 2.45) is 5.92 Å². The molecule has 1 fully saturated rings. The molecule has 80 valence electrons. The molecule has 0 radical (unpaired) electrons. The number of amides is 1. The van der Waals surface area contributed by atoms with Gasteiger partial charge in [-0.3, -0.25) is 4.79 Å². The first-order valence-corrected chi connectivity index (χ1v) is 5.94. The molecular formula is C12H14BrNO. The first kappa shape index (κ1) is 10.7. The smallest absolute Gasteiger partial charge is 0.251 e. The molecule has 1 saturated carbocycles. The Kier molecular flexibility index (Phi) is 2.83. The molecule has 1 aromatic rings. The molecular weight excluding hydrogens is 254 g/mol. The summed E-state index contributed by atoms with van der Waals surface area (Å²) >= 11 is 3.38. The number of hydrogen-bond acceptors (Lipinski definition) is 1. The Morgan fingerprint density at radius 3 is 2.80 bits per heavy atom. The van der Waals surface area contributed by atoms with E-state index in [9.17, 15) is 4.79 Å². The maximum atomic E-state index is 11.9. The number of halogens is 1. The Bertz CT molecular complexity index is 403. The maximum Gasteiger partial charge on any atom is 0.251 e. The molecule has 3 heteroatoms. The highest BCUT2D eigenvalue weighted by atomic mass is 79.9. The zero-order valence-electron chi connectivity index (χ0n) is 8.88. The molecule has 15 heavy (non-hydrogen) atoms. The van der Waals surface area contributed by atoms with Crippen molar-refractivity contribution < 1.29 is 4.79 Å². The van der Waals surface area contributed by atoms with Crippen molar-refractivity contribution in [3.8, 4) is 0 Å². The van der Waals surface area contributed by atoms with Crippen molar-refractivity contribution in [2.75, 3.05) is 0 Å². The van der Waals surface area contributed by atoms with Crippen LogP contribution in [0.5, 0.6) is 0 Å². The lowest BCUT2D eigenvalue weighted by Crippen LogP contribution is -2.27. The lowest BCUT2D eigenvalue weighted by Gasteiger charge is -2.07. The summed E-state index contributed by atoms with van der Waals surface area (Å²) in [5.41, 5.74) is 1.78. The highest BCUT2D eigenvalue weighted by molar-refractivity contribution is 9.10. The second kappa shape index (κ2) is 3.97. The van der Waals surface area contributed by atoms with E-state index in [-0.39, 0.29) is 5.91 Å². The molecule has 0 bridgehead atoms. The van der Waals surface area contributed by atoms with Gasteiger partial charge in [0.25, 0.3) is 5.91 Å². The Hall–Kier alpha value is -0.830. The first-order chi connectivity index (χ1) is 7.08. The highest BCUT2D eigenvalue weighted by Gasteiger charge is 2.34. The van der Waals surface area contributed by atoms with Crippen molar-refractivity contribution in [1.82, 2.24) is 5.32 Å². The van der Waals surface area contributed by atoms with Gasteiger partial charge in [0.1, 0.15) is 0 Å². The minimum Gasteiger partial charge on any atom is -0.349 e. The monoisotopic (exact) mass is 267 g/mol. The average molecular weight is 268 g/mol. The molecule has 0 heterocycles. The largest absolute Gasteiger partial charge is 0.349 e. The number of carbonyl (C=O) groups excluding carboxylic acids is 1. The Morgan fingerprint density at radius 1 is 1.53 bits per heavy atom. The van der Waals surface area contributed by atoms with Gasteiger partial charge in [-0.05, 0) is 37.0 Å². The van der Waals surface area contributed by atoms with E-state index < -0.39 is 0 Å². The van der Waals surface area contributed by atoms with Crippen molar-refractivity contribution in [1.29, 1.82) is 0 Å². The fraction of sp³-hybridized carbons (Fsp3) is 0.417. The van der Waals surface area contributed by atoms with Crippen LogP contribution in [0.4, 0.5) is 0 Å². The van der Waals surface area contributed by atoms with Crippen molar-refractivity contribution in [3.63, 3.8) is 0 Å². The van der Waals surface area contributed by atoms with E-state index in [1.54, 1.807) is 0 Å². The zero-order valence-corrected chi connectivity index (χ0v) is 10.5. The van der Waals surface area contributed by atoms with Crippen molar-refractivity contribution in [3.05, 3.63) is 33.8 Å². The number of aryl methyl sites for hydroxylation is 1. The first-order valence-electron chi connectivity index (χ1n) is 5.15. The highest BCUT2D eigenvalue weighted by Crippen LogP contribution is 2.29. The molecule has 1 aliphatic carbocycles. The fourth-order valence-corrected chi connectivity index (χ4v) is 1.97. The third-order valence-electron chi connectivity index (χ3n) is 2.87. The van der Waals surface area contributed by atoms with Crippen LogP contribution in [-0.4, -0.2) is 11.9 Å². The van der Waals surface area contributed by atoms with Crippen molar-refractivity contribution in [2.45, 2.75) is 26.3 Å². The third kappa shape index (κ3) is 2.40. The van der Waals surface area contributed by atoms with Crippen LogP contribution in [0.3, 0.4) is 0 Å². The molecule has 1 aromatic carbocycles. The van der Waals surface area contributed by atoms with Gasteiger partial charge >= 0.3 is 0 Å². The Balaban J connectivity index is 2.14. The third-order valence-corrected chi connectivity index (χ3v) is 3.36. The van der Waals surface area contributed by atoms with E-state index in [4.69, 9.17) is 0 Å². The van der Waals surface area contributed by atoms with Gasteiger partial charge in [0.05, 0.1) is 0 Å². The van der Waals surface area contributed by atoms with Crippen LogP contribution in [-0.2, 0) is 0 Å². The van der Waals surface area contributed by atoms with Crippen LogP contribution in [0.2, 0.25) is 0 Å². The lowest BCUT2D eigenvalue weighted by atomic mass is 10.1. The standard InChI is InChI=1S/C12H14BrNO/c1-7-3-4-9(13)6-10(7)12(15)14-11-5-8(11)2/h3-4,6,8,11H,5H2,1-2H3,(H,14,15). The molecule has 2 atom stereocenters. The van der Waals surface area contributed by atoms with E-state index >= 15 is 0 Å². The average Bonchev–Trinajstić information content (AvgIpc) is 2.86. The summed E-state index contributed by atoms with van der Waals surface area (Å²) in [7, 11) is 0. The Morgan fingerprint density at radius 2 is 2.20 bits per heavy atom. The van der Waals surface area contributed by atoms with Crippen LogP contribution < -0.4 is 5.32 Å². The van der Waals surface area contributed by atoms with Crippen LogP contribution >= 0.6 is 15.9 Å². The predicted molar refractivity (Wildman–Crippen MR) is 63.9 cm³/mol. The SMILES string of the molecule is Cc1ccc(Br)cc1C(=O)NC1CC1C.